The molecule has 1 saturated heterocycles. The van der Waals surface area contributed by atoms with Crippen LogP contribution in [0.5, 0.6) is 5.75 Å². The number of nitrogens with zero attached hydrogens (tertiary/aromatic N) is 3. The predicted octanol–water partition coefficient (Wildman–Crippen LogP) is 1.60. The molecule has 0 saturated carbocycles. The third-order valence-electron chi connectivity index (χ3n) is 4.27. The minimum atomic E-state index is -0.587. The van der Waals surface area contributed by atoms with Crippen molar-refractivity contribution in [1.82, 2.24) is 9.88 Å². The molecule has 1 aliphatic rings. The zero-order chi connectivity index (χ0) is 18.4. The minimum Gasteiger partial charge on any atom is -0.497 e. The van der Waals surface area contributed by atoms with E-state index in [1.54, 1.807) is 30.2 Å². The molecule has 2 aromatic rings. The molecule has 1 fully saturated rings. The molecule has 1 aromatic heterocycles. The quantitative estimate of drug-likeness (QED) is 0.759. The summed E-state index contributed by atoms with van der Waals surface area (Å²) in [5.74, 6) is 0.0387. The highest BCUT2D eigenvalue weighted by Crippen LogP contribution is 2.20. The van der Waals surface area contributed by atoms with Crippen LogP contribution in [-0.4, -0.2) is 61.7 Å². The number of ether oxygens (including phenoxy) is 2. The Kier molecular flexibility index (Phi) is 5.68. The second-order valence-corrected chi connectivity index (χ2v) is 5.86. The number of aromatic nitrogens is 1. The highest BCUT2D eigenvalue weighted by Gasteiger charge is 2.22. The molecule has 136 valence electrons. The van der Waals surface area contributed by atoms with Gasteiger partial charge in [0.1, 0.15) is 11.4 Å². The number of piperazine rings is 1. The first-order valence-electron chi connectivity index (χ1n) is 8.42. The lowest BCUT2D eigenvalue weighted by Crippen LogP contribution is -2.49. The number of hydrogen-bond acceptors (Lipinski definition) is 6. The lowest BCUT2D eigenvalue weighted by molar-refractivity contribution is -0.134. The second-order valence-electron chi connectivity index (χ2n) is 5.86. The van der Waals surface area contributed by atoms with Crippen molar-refractivity contribution in [2.75, 3.05) is 44.8 Å². The molecule has 0 radical (unpaired) electrons. The van der Waals surface area contributed by atoms with Gasteiger partial charge in [-0.15, -0.1) is 0 Å². The number of rotatable bonds is 5. The Hall–Kier alpha value is -3.09. The Labute approximate surface area is 152 Å². The molecule has 26 heavy (non-hydrogen) atoms. The fourth-order valence-corrected chi connectivity index (χ4v) is 2.78. The van der Waals surface area contributed by atoms with Crippen LogP contribution < -0.4 is 9.64 Å². The molecule has 1 aliphatic heterocycles. The summed E-state index contributed by atoms with van der Waals surface area (Å²) < 4.78 is 10.2. The molecule has 0 aliphatic carbocycles. The zero-order valence-electron chi connectivity index (χ0n) is 14.6. The van der Waals surface area contributed by atoms with Gasteiger partial charge in [-0.2, -0.15) is 0 Å². The first-order chi connectivity index (χ1) is 12.7. The summed E-state index contributed by atoms with van der Waals surface area (Å²) in [6.07, 6.45) is 1.51. The Morgan fingerprint density at radius 3 is 2.38 bits per heavy atom. The van der Waals surface area contributed by atoms with Gasteiger partial charge in [-0.1, -0.05) is 6.07 Å². The SMILES string of the molecule is COc1ccc(N2CCN(C(=O)COC(=O)c3ccccn3)CC2)cc1. The number of hydrogen-bond donors (Lipinski definition) is 0. The Bertz CT molecular complexity index is 741. The number of benzene rings is 1. The first kappa shape index (κ1) is 17.7. The third kappa shape index (κ3) is 4.30. The number of carbonyl (C=O) groups excluding carboxylic acids is 2. The normalized spacial score (nSPS) is 14.0. The Balaban J connectivity index is 1.46. The molecule has 7 nitrogen and oxygen atoms in total. The summed E-state index contributed by atoms with van der Waals surface area (Å²) in [4.78, 5) is 31.9. The van der Waals surface area contributed by atoms with Gasteiger partial charge in [-0.25, -0.2) is 9.78 Å². The van der Waals surface area contributed by atoms with Crippen LogP contribution in [0, 0.1) is 0 Å². The maximum atomic E-state index is 12.3. The van der Waals surface area contributed by atoms with E-state index in [2.05, 4.69) is 9.88 Å². The van der Waals surface area contributed by atoms with Crippen LogP contribution in [0.3, 0.4) is 0 Å². The van der Waals surface area contributed by atoms with E-state index in [4.69, 9.17) is 9.47 Å². The molecule has 0 N–H and O–H groups in total. The minimum absolute atomic E-state index is 0.191. The van der Waals surface area contributed by atoms with E-state index >= 15 is 0 Å². The van der Waals surface area contributed by atoms with E-state index in [-0.39, 0.29) is 18.2 Å². The maximum absolute atomic E-state index is 12.3. The van der Waals surface area contributed by atoms with Gasteiger partial charge >= 0.3 is 5.97 Å². The van der Waals surface area contributed by atoms with E-state index in [1.165, 1.54) is 6.20 Å². The summed E-state index contributed by atoms with van der Waals surface area (Å²) in [5.41, 5.74) is 1.30. The average molecular weight is 355 g/mol. The molecular weight excluding hydrogens is 334 g/mol. The molecule has 3 rings (SSSR count). The van der Waals surface area contributed by atoms with Crippen LogP contribution in [0.2, 0.25) is 0 Å². The number of pyridine rings is 1. The van der Waals surface area contributed by atoms with E-state index < -0.39 is 5.97 Å². The molecule has 0 unspecified atom stereocenters. The summed E-state index contributed by atoms with van der Waals surface area (Å²) in [6.45, 7) is 2.37. The third-order valence-corrected chi connectivity index (χ3v) is 4.27. The fraction of sp³-hybridized carbons (Fsp3) is 0.316. The zero-order valence-corrected chi connectivity index (χ0v) is 14.6. The number of amides is 1. The Morgan fingerprint density at radius 2 is 1.77 bits per heavy atom. The van der Waals surface area contributed by atoms with Gasteiger partial charge in [-0.3, -0.25) is 4.79 Å². The summed E-state index contributed by atoms with van der Waals surface area (Å²) in [5, 5.41) is 0. The van der Waals surface area contributed by atoms with Crippen LogP contribution in [0.25, 0.3) is 0 Å². The van der Waals surface area contributed by atoms with Crippen molar-refractivity contribution in [3.05, 3.63) is 54.4 Å². The average Bonchev–Trinajstić information content (AvgIpc) is 2.72. The lowest BCUT2D eigenvalue weighted by Gasteiger charge is -2.36. The van der Waals surface area contributed by atoms with Crippen LogP contribution in [0.1, 0.15) is 10.5 Å². The number of carbonyl (C=O) groups is 2. The van der Waals surface area contributed by atoms with Gasteiger partial charge in [0.25, 0.3) is 5.91 Å². The lowest BCUT2D eigenvalue weighted by atomic mass is 10.2. The van der Waals surface area contributed by atoms with Crippen molar-refractivity contribution < 1.29 is 19.1 Å². The van der Waals surface area contributed by atoms with Gasteiger partial charge < -0.3 is 19.3 Å². The van der Waals surface area contributed by atoms with Gasteiger partial charge in [0.15, 0.2) is 6.61 Å². The number of anilines is 1. The molecule has 2 heterocycles. The predicted molar refractivity (Wildman–Crippen MR) is 96.3 cm³/mol. The molecule has 0 bridgehead atoms. The summed E-state index contributed by atoms with van der Waals surface area (Å²) in [7, 11) is 1.64. The number of methoxy groups -OCH3 is 1. The molecule has 1 amide bonds. The fourth-order valence-electron chi connectivity index (χ4n) is 2.78. The molecule has 1 aromatic carbocycles. The van der Waals surface area contributed by atoms with Crippen LogP contribution >= 0.6 is 0 Å². The van der Waals surface area contributed by atoms with Crippen molar-refractivity contribution in [2.45, 2.75) is 0 Å². The van der Waals surface area contributed by atoms with Crippen LogP contribution in [-0.2, 0) is 9.53 Å². The van der Waals surface area contributed by atoms with Crippen molar-refractivity contribution in [3.63, 3.8) is 0 Å². The summed E-state index contributed by atoms with van der Waals surface area (Å²) in [6, 6.07) is 12.8. The van der Waals surface area contributed by atoms with Crippen molar-refractivity contribution in [3.8, 4) is 5.75 Å². The van der Waals surface area contributed by atoms with E-state index in [9.17, 15) is 9.59 Å². The second kappa shape index (κ2) is 8.33. The first-order valence-corrected chi connectivity index (χ1v) is 8.42. The molecule has 0 spiro atoms. The van der Waals surface area contributed by atoms with Gasteiger partial charge in [0.05, 0.1) is 7.11 Å². The van der Waals surface area contributed by atoms with Gasteiger partial charge in [0, 0.05) is 38.1 Å². The largest absolute Gasteiger partial charge is 0.497 e. The topological polar surface area (TPSA) is 72.0 Å². The van der Waals surface area contributed by atoms with Crippen molar-refractivity contribution >= 4 is 17.6 Å². The van der Waals surface area contributed by atoms with E-state index in [0.29, 0.717) is 13.1 Å². The monoisotopic (exact) mass is 355 g/mol. The maximum Gasteiger partial charge on any atom is 0.357 e. The molecule has 7 heteroatoms. The highest BCUT2D eigenvalue weighted by atomic mass is 16.5. The smallest absolute Gasteiger partial charge is 0.357 e. The molecule has 0 atom stereocenters. The highest BCUT2D eigenvalue weighted by molar-refractivity contribution is 5.89. The van der Waals surface area contributed by atoms with Crippen molar-refractivity contribution in [2.24, 2.45) is 0 Å². The van der Waals surface area contributed by atoms with Gasteiger partial charge in [-0.05, 0) is 36.4 Å². The van der Waals surface area contributed by atoms with Crippen molar-refractivity contribution in [1.29, 1.82) is 0 Å². The van der Waals surface area contributed by atoms with Crippen LogP contribution in [0.4, 0.5) is 5.69 Å². The van der Waals surface area contributed by atoms with Crippen LogP contribution in [0.15, 0.2) is 48.7 Å². The Morgan fingerprint density at radius 1 is 1.04 bits per heavy atom. The van der Waals surface area contributed by atoms with E-state index in [1.807, 2.05) is 24.3 Å². The number of esters is 1. The molecular formula is C19H21N3O4. The standard InChI is InChI=1S/C19H21N3O4/c1-25-16-7-5-15(6-8-16)21-10-12-22(13-11-21)18(23)14-26-19(24)17-4-2-3-9-20-17/h2-9H,10-14H2,1H3. The van der Waals surface area contributed by atoms with E-state index in [0.717, 1.165) is 24.5 Å². The summed E-state index contributed by atoms with van der Waals surface area (Å²) >= 11 is 0. The van der Waals surface area contributed by atoms with Gasteiger partial charge in [0.2, 0.25) is 0 Å².